The topological polar surface area (TPSA) is 0 Å². The summed E-state index contributed by atoms with van der Waals surface area (Å²) in [6.07, 6.45) is 7.18. The van der Waals surface area contributed by atoms with Gasteiger partial charge in [0.25, 0.3) is 0 Å². The Kier molecular flexibility index (Phi) is 3.45. The number of allylic oxidation sites excluding steroid dienone is 2. The standard InChI is InChI=1S/C10H17Cl/c1-3-8(2)6-9-4-5-10(11)7-9/h7-8,10H,3-6H2,1-2H3. The summed E-state index contributed by atoms with van der Waals surface area (Å²) in [5.74, 6) is 0.836. The zero-order valence-corrected chi connectivity index (χ0v) is 8.19. The van der Waals surface area contributed by atoms with Gasteiger partial charge in [-0.2, -0.15) is 0 Å². The summed E-state index contributed by atoms with van der Waals surface area (Å²) in [5.41, 5.74) is 1.58. The van der Waals surface area contributed by atoms with E-state index in [1.807, 2.05) is 0 Å². The van der Waals surface area contributed by atoms with Crippen LogP contribution in [-0.2, 0) is 0 Å². The third-order valence-corrected chi connectivity index (χ3v) is 2.81. The monoisotopic (exact) mass is 172 g/mol. The molecule has 0 aliphatic heterocycles. The molecular formula is C10H17Cl. The largest absolute Gasteiger partial charge is 0.118 e. The Morgan fingerprint density at radius 1 is 1.73 bits per heavy atom. The lowest BCUT2D eigenvalue weighted by Gasteiger charge is -2.07. The molecule has 0 heterocycles. The molecule has 0 radical (unpaired) electrons. The van der Waals surface area contributed by atoms with Gasteiger partial charge in [-0.05, 0) is 25.2 Å². The fourth-order valence-electron chi connectivity index (χ4n) is 1.51. The molecule has 64 valence electrons. The van der Waals surface area contributed by atoms with Gasteiger partial charge in [-0.1, -0.05) is 31.9 Å². The molecule has 0 aromatic carbocycles. The molecule has 0 amide bonds. The molecule has 2 unspecified atom stereocenters. The van der Waals surface area contributed by atoms with Crippen molar-refractivity contribution in [2.75, 3.05) is 0 Å². The zero-order valence-electron chi connectivity index (χ0n) is 7.44. The van der Waals surface area contributed by atoms with Gasteiger partial charge in [-0.15, -0.1) is 11.6 Å². The molecule has 1 rings (SSSR count). The maximum absolute atomic E-state index is 5.96. The Hall–Kier alpha value is 0.0300. The van der Waals surface area contributed by atoms with E-state index in [9.17, 15) is 0 Å². The minimum absolute atomic E-state index is 0.328. The Balaban J connectivity index is 2.32. The third-order valence-electron chi connectivity index (χ3n) is 2.47. The van der Waals surface area contributed by atoms with E-state index in [0.717, 1.165) is 12.3 Å². The van der Waals surface area contributed by atoms with E-state index in [0.29, 0.717) is 5.38 Å². The highest BCUT2D eigenvalue weighted by molar-refractivity contribution is 6.22. The van der Waals surface area contributed by atoms with Crippen LogP contribution >= 0.6 is 11.6 Å². The van der Waals surface area contributed by atoms with E-state index in [2.05, 4.69) is 19.9 Å². The summed E-state index contributed by atoms with van der Waals surface area (Å²) in [6.45, 7) is 4.56. The van der Waals surface area contributed by atoms with Crippen molar-refractivity contribution >= 4 is 11.6 Å². The highest BCUT2D eigenvalue weighted by Crippen LogP contribution is 2.28. The van der Waals surface area contributed by atoms with Gasteiger partial charge in [0, 0.05) is 0 Å². The minimum Gasteiger partial charge on any atom is -0.118 e. The highest BCUT2D eigenvalue weighted by Gasteiger charge is 2.14. The maximum atomic E-state index is 5.96. The van der Waals surface area contributed by atoms with Crippen LogP contribution in [0.5, 0.6) is 0 Å². The first-order chi connectivity index (χ1) is 5.22. The van der Waals surface area contributed by atoms with Crippen molar-refractivity contribution in [1.29, 1.82) is 0 Å². The maximum Gasteiger partial charge on any atom is 0.0521 e. The molecule has 2 atom stereocenters. The lowest BCUT2D eigenvalue weighted by atomic mass is 9.99. The van der Waals surface area contributed by atoms with E-state index >= 15 is 0 Å². The van der Waals surface area contributed by atoms with Gasteiger partial charge >= 0.3 is 0 Å². The van der Waals surface area contributed by atoms with Crippen LogP contribution in [0.15, 0.2) is 11.6 Å². The van der Waals surface area contributed by atoms with Crippen molar-refractivity contribution in [3.63, 3.8) is 0 Å². The molecule has 0 fully saturated rings. The van der Waals surface area contributed by atoms with E-state index < -0.39 is 0 Å². The lowest BCUT2D eigenvalue weighted by Crippen LogP contribution is -1.92. The van der Waals surface area contributed by atoms with Gasteiger partial charge < -0.3 is 0 Å². The molecule has 0 nitrogen and oxygen atoms in total. The molecule has 1 heteroatoms. The van der Waals surface area contributed by atoms with Crippen molar-refractivity contribution in [3.05, 3.63) is 11.6 Å². The van der Waals surface area contributed by atoms with Gasteiger partial charge in [-0.3, -0.25) is 0 Å². The first-order valence-corrected chi connectivity index (χ1v) is 4.99. The number of rotatable bonds is 3. The molecule has 0 saturated carbocycles. The van der Waals surface area contributed by atoms with Crippen LogP contribution in [0.2, 0.25) is 0 Å². The number of halogens is 1. The Morgan fingerprint density at radius 3 is 2.91 bits per heavy atom. The average molecular weight is 173 g/mol. The first-order valence-electron chi connectivity index (χ1n) is 4.56. The Bertz CT molecular complexity index is 149. The summed E-state index contributed by atoms with van der Waals surface area (Å²) in [4.78, 5) is 0. The normalized spacial score (nSPS) is 26.8. The molecule has 0 N–H and O–H groups in total. The van der Waals surface area contributed by atoms with E-state index in [1.165, 1.54) is 19.3 Å². The van der Waals surface area contributed by atoms with Crippen molar-refractivity contribution in [1.82, 2.24) is 0 Å². The van der Waals surface area contributed by atoms with Gasteiger partial charge in [0.2, 0.25) is 0 Å². The molecule has 0 aromatic heterocycles. The second-order valence-electron chi connectivity index (χ2n) is 3.60. The SMILES string of the molecule is CCC(C)CC1=CC(Cl)CC1. The number of hydrogen-bond donors (Lipinski definition) is 0. The fourth-order valence-corrected chi connectivity index (χ4v) is 1.80. The van der Waals surface area contributed by atoms with E-state index in [4.69, 9.17) is 11.6 Å². The highest BCUT2D eigenvalue weighted by atomic mass is 35.5. The van der Waals surface area contributed by atoms with Crippen molar-refractivity contribution in [3.8, 4) is 0 Å². The molecule has 0 aromatic rings. The van der Waals surface area contributed by atoms with Crippen LogP contribution in [0, 0.1) is 5.92 Å². The quantitative estimate of drug-likeness (QED) is 0.449. The molecule has 1 aliphatic carbocycles. The number of hydrogen-bond acceptors (Lipinski definition) is 0. The molecule has 0 spiro atoms. The van der Waals surface area contributed by atoms with E-state index in [1.54, 1.807) is 5.57 Å². The Morgan fingerprint density at radius 2 is 2.45 bits per heavy atom. The lowest BCUT2D eigenvalue weighted by molar-refractivity contribution is 0.550. The van der Waals surface area contributed by atoms with Gasteiger partial charge in [0.05, 0.1) is 5.38 Å². The molecule has 11 heavy (non-hydrogen) atoms. The predicted octanol–water partition coefficient (Wildman–Crippen LogP) is 3.75. The third kappa shape index (κ3) is 2.86. The second-order valence-corrected chi connectivity index (χ2v) is 4.16. The van der Waals surface area contributed by atoms with Gasteiger partial charge in [-0.25, -0.2) is 0 Å². The van der Waals surface area contributed by atoms with Crippen LogP contribution in [0.1, 0.15) is 39.5 Å². The average Bonchev–Trinajstić information content (AvgIpc) is 2.35. The summed E-state index contributed by atoms with van der Waals surface area (Å²) in [5, 5.41) is 0.328. The predicted molar refractivity (Wildman–Crippen MR) is 51.0 cm³/mol. The van der Waals surface area contributed by atoms with Crippen molar-refractivity contribution < 1.29 is 0 Å². The van der Waals surface area contributed by atoms with Crippen LogP contribution in [0.3, 0.4) is 0 Å². The number of alkyl halides is 1. The minimum atomic E-state index is 0.328. The van der Waals surface area contributed by atoms with Crippen LogP contribution in [0.25, 0.3) is 0 Å². The van der Waals surface area contributed by atoms with Gasteiger partial charge in [0.1, 0.15) is 0 Å². The summed E-state index contributed by atoms with van der Waals surface area (Å²) in [7, 11) is 0. The molecule has 1 aliphatic rings. The van der Waals surface area contributed by atoms with Crippen molar-refractivity contribution in [2.24, 2.45) is 5.92 Å². The van der Waals surface area contributed by atoms with Crippen LogP contribution < -0.4 is 0 Å². The van der Waals surface area contributed by atoms with Crippen molar-refractivity contribution in [2.45, 2.75) is 44.9 Å². The summed E-state index contributed by atoms with van der Waals surface area (Å²) in [6, 6.07) is 0. The van der Waals surface area contributed by atoms with Gasteiger partial charge in [0.15, 0.2) is 0 Å². The fraction of sp³-hybridized carbons (Fsp3) is 0.800. The molecule has 0 saturated heterocycles. The summed E-state index contributed by atoms with van der Waals surface area (Å²) >= 11 is 5.96. The first kappa shape index (κ1) is 9.12. The zero-order chi connectivity index (χ0) is 8.27. The van der Waals surface area contributed by atoms with E-state index in [-0.39, 0.29) is 0 Å². The second kappa shape index (κ2) is 4.15. The Labute approximate surface area is 74.6 Å². The van der Waals surface area contributed by atoms with Crippen LogP contribution in [0.4, 0.5) is 0 Å². The molecular weight excluding hydrogens is 156 g/mol. The van der Waals surface area contributed by atoms with Crippen LogP contribution in [-0.4, -0.2) is 5.38 Å². The summed E-state index contributed by atoms with van der Waals surface area (Å²) < 4.78 is 0. The smallest absolute Gasteiger partial charge is 0.0521 e. The molecule has 0 bridgehead atoms.